The van der Waals surface area contributed by atoms with Gasteiger partial charge in [-0.2, -0.15) is 15.0 Å². The van der Waals surface area contributed by atoms with E-state index in [1.807, 2.05) is 45.0 Å². The van der Waals surface area contributed by atoms with Crippen LogP contribution in [0.4, 0.5) is 5.95 Å². The molecule has 0 saturated heterocycles. The molecule has 0 bridgehead atoms. The van der Waals surface area contributed by atoms with Crippen molar-refractivity contribution >= 4 is 5.95 Å². The van der Waals surface area contributed by atoms with Gasteiger partial charge in [-0.1, -0.05) is 12.1 Å². The first-order chi connectivity index (χ1) is 9.60. The van der Waals surface area contributed by atoms with Gasteiger partial charge < -0.3 is 15.2 Å². The number of anilines is 1. The number of nitrogen functional groups attached to an aromatic ring is 1. The maximum Gasteiger partial charge on any atom is 0.321 e. The number of rotatable bonds is 5. The molecule has 2 N–H and O–H groups in total. The monoisotopic (exact) mass is 274 g/mol. The van der Waals surface area contributed by atoms with Crippen LogP contribution in [0, 0.1) is 0 Å². The minimum Gasteiger partial charge on any atom is -0.490 e. The highest BCUT2D eigenvalue weighted by Crippen LogP contribution is 2.29. The maximum absolute atomic E-state index is 5.76. The van der Waals surface area contributed by atoms with Crippen molar-refractivity contribution in [2.45, 2.75) is 26.9 Å². The lowest BCUT2D eigenvalue weighted by Crippen LogP contribution is -2.08. The minimum atomic E-state index is 0.0571. The second-order valence-electron chi connectivity index (χ2n) is 4.40. The van der Waals surface area contributed by atoms with Gasteiger partial charge in [0.15, 0.2) is 5.82 Å². The molecule has 6 heteroatoms. The summed E-state index contributed by atoms with van der Waals surface area (Å²) in [5.41, 5.74) is 6.46. The third-order valence-corrected chi connectivity index (χ3v) is 2.40. The molecule has 6 nitrogen and oxygen atoms in total. The summed E-state index contributed by atoms with van der Waals surface area (Å²) < 4.78 is 11.0. The van der Waals surface area contributed by atoms with Crippen molar-refractivity contribution in [3.05, 3.63) is 24.3 Å². The van der Waals surface area contributed by atoms with E-state index >= 15 is 0 Å². The highest BCUT2D eigenvalue weighted by Gasteiger charge is 2.13. The number of benzene rings is 1. The van der Waals surface area contributed by atoms with Crippen LogP contribution < -0.4 is 15.2 Å². The molecular formula is C14H18N4O2. The molecule has 2 rings (SSSR count). The summed E-state index contributed by atoms with van der Waals surface area (Å²) in [6, 6.07) is 7.75. The second kappa shape index (κ2) is 6.18. The van der Waals surface area contributed by atoms with Gasteiger partial charge in [-0.3, -0.25) is 0 Å². The van der Waals surface area contributed by atoms with Gasteiger partial charge in [0.25, 0.3) is 0 Å². The van der Waals surface area contributed by atoms with Crippen LogP contribution in [0.3, 0.4) is 0 Å². The summed E-state index contributed by atoms with van der Waals surface area (Å²) in [6.45, 7) is 6.25. The van der Waals surface area contributed by atoms with Gasteiger partial charge in [0.1, 0.15) is 5.75 Å². The van der Waals surface area contributed by atoms with Crippen LogP contribution in [0.25, 0.3) is 11.4 Å². The highest BCUT2D eigenvalue weighted by atomic mass is 16.5. The van der Waals surface area contributed by atoms with E-state index < -0.39 is 0 Å². The number of nitrogens with two attached hydrogens (primary N) is 1. The zero-order valence-corrected chi connectivity index (χ0v) is 11.8. The second-order valence-corrected chi connectivity index (χ2v) is 4.40. The molecule has 20 heavy (non-hydrogen) atoms. The molecule has 1 heterocycles. The lowest BCUT2D eigenvalue weighted by Gasteiger charge is -2.13. The third-order valence-electron chi connectivity index (χ3n) is 2.40. The van der Waals surface area contributed by atoms with Crippen molar-refractivity contribution in [3.8, 4) is 23.1 Å². The SMILES string of the molecule is CCOc1nc(N)nc(-c2ccccc2OC(C)C)n1. The van der Waals surface area contributed by atoms with Gasteiger partial charge in [0.05, 0.1) is 18.3 Å². The Morgan fingerprint density at radius 2 is 1.90 bits per heavy atom. The third kappa shape index (κ3) is 3.34. The van der Waals surface area contributed by atoms with Crippen LogP contribution in [0.1, 0.15) is 20.8 Å². The van der Waals surface area contributed by atoms with Crippen LogP contribution >= 0.6 is 0 Å². The fourth-order valence-corrected chi connectivity index (χ4v) is 1.69. The van der Waals surface area contributed by atoms with E-state index in [2.05, 4.69) is 15.0 Å². The Morgan fingerprint density at radius 3 is 2.60 bits per heavy atom. The number of ether oxygens (including phenoxy) is 2. The van der Waals surface area contributed by atoms with E-state index in [1.165, 1.54) is 0 Å². The summed E-state index contributed by atoms with van der Waals surface area (Å²) in [5, 5.41) is 0. The topological polar surface area (TPSA) is 83.2 Å². The molecule has 0 saturated carbocycles. The Bertz CT molecular complexity index is 587. The van der Waals surface area contributed by atoms with E-state index in [0.717, 1.165) is 5.56 Å². The number of nitrogens with zero attached hydrogens (tertiary/aromatic N) is 3. The Kier molecular flexibility index (Phi) is 4.34. The summed E-state index contributed by atoms with van der Waals surface area (Å²) in [5.74, 6) is 1.27. The van der Waals surface area contributed by atoms with Crippen molar-refractivity contribution in [1.29, 1.82) is 0 Å². The minimum absolute atomic E-state index is 0.0571. The first kappa shape index (κ1) is 14.0. The van der Waals surface area contributed by atoms with Gasteiger partial charge >= 0.3 is 6.01 Å². The van der Waals surface area contributed by atoms with Crippen molar-refractivity contribution in [1.82, 2.24) is 15.0 Å². The molecule has 1 aromatic carbocycles. The fraction of sp³-hybridized carbons (Fsp3) is 0.357. The van der Waals surface area contributed by atoms with Gasteiger partial charge in [0.2, 0.25) is 5.95 Å². The molecule has 0 aliphatic carbocycles. The van der Waals surface area contributed by atoms with E-state index in [-0.39, 0.29) is 18.1 Å². The zero-order valence-electron chi connectivity index (χ0n) is 11.8. The van der Waals surface area contributed by atoms with E-state index in [4.69, 9.17) is 15.2 Å². The predicted molar refractivity (Wildman–Crippen MR) is 76.6 cm³/mol. The van der Waals surface area contributed by atoms with Crippen LogP contribution in [-0.4, -0.2) is 27.7 Å². The van der Waals surface area contributed by atoms with Crippen LogP contribution in [0.15, 0.2) is 24.3 Å². The molecule has 0 atom stereocenters. The molecule has 0 aliphatic rings. The normalized spacial score (nSPS) is 10.6. The smallest absolute Gasteiger partial charge is 0.321 e. The summed E-state index contributed by atoms with van der Waals surface area (Å²) in [7, 11) is 0. The number of hydrogen-bond acceptors (Lipinski definition) is 6. The highest BCUT2D eigenvalue weighted by molar-refractivity contribution is 5.64. The zero-order chi connectivity index (χ0) is 14.5. The predicted octanol–water partition coefficient (Wildman–Crippen LogP) is 2.31. The lowest BCUT2D eigenvalue weighted by molar-refractivity contribution is 0.243. The number of aromatic nitrogens is 3. The Balaban J connectivity index is 2.45. The lowest BCUT2D eigenvalue weighted by atomic mass is 10.2. The van der Waals surface area contributed by atoms with Gasteiger partial charge in [-0.25, -0.2) is 0 Å². The number of hydrogen-bond donors (Lipinski definition) is 1. The average molecular weight is 274 g/mol. The van der Waals surface area contributed by atoms with E-state index in [1.54, 1.807) is 0 Å². The molecular weight excluding hydrogens is 256 g/mol. The molecule has 0 aliphatic heterocycles. The summed E-state index contributed by atoms with van der Waals surface area (Å²) in [4.78, 5) is 12.3. The molecule has 1 aromatic heterocycles. The quantitative estimate of drug-likeness (QED) is 0.900. The molecule has 0 fully saturated rings. The van der Waals surface area contributed by atoms with E-state index in [9.17, 15) is 0 Å². The first-order valence-electron chi connectivity index (χ1n) is 6.50. The first-order valence-corrected chi connectivity index (χ1v) is 6.50. The maximum atomic E-state index is 5.76. The van der Waals surface area contributed by atoms with Crippen molar-refractivity contribution in [2.75, 3.05) is 12.3 Å². The van der Waals surface area contributed by atoms with Gasteiger partial charge in [-0.05, 0) is 32.9 Å². The summed E-state index contributed by atoms with van der Waals surface area (Å²) >= 11 is 0. The average Bonchev–Trinajstić information content (AvgIpc) is 2.38. The molecule has 2 aromatic rings. The standard InChI is InChI=1S/C14H18N4O2/c1-4-19-14-17-12(16-13(15)18-14)10-7-5-6-8-11(10)20-9(2)3/h5-9H,4H2,1-3H3,(H2,15,16,17,18). The summed E-state index contributed by atoms with van der Waals surface area (Å²) in [6.07, 6.45) is 0.0571. The molecule has 0 amide bonds. The number of para-hydroxylation sites is 1. The van der Waals surface area contributed by atoms with Crippen LogP contribution in [0.2, 0.25) is 0 Å². The van der Waals surface area contributed by atoms with Crippen LogP contribution in [0.5, 0.6) is 11.8 Å². The van der Waals surface area contributed by atoms with Gasteiger partial charge in [-0.15, -0.1) is 0 Å². The van der Waals surface area contributed by atoms with E-state index in [0.29, 0.717) is 18.2 Å². The Hall–Kier alpha value is -2.37. The Morgan fingerprint density at radius 1 is 1.15 bits per heavy atom. The largest absolute Gasteiger partial charge is 0.490 e. The Labute approximate surface area is 118 Å². The van der Waals surface area contributed by atoms with Crippen molar-refractivity contribution in [3.63, 3.8) is 0 Å². The molecule has 0 unspecified atom stereocenters. The fourth-order valence-electron chi connectivity index (χ4n) is 1.69. The van der Waals surface area contributed by atoms with Crippen molar-refractivity contribution < 1.29 is 9.47 Å². The molecule has 0 radical (unpaired) electrons. The van der Waals surface area contributed by atoms with Crippen LogP contribution in [-0.2, 0) is 0 Å². The van der Waals surface area contributed by atoms with Crippen molar-refractivity contribution in [2.24, 2.45) is 0 Å². The molecule has 0 spiro atoms. The molecule has 106 valence electrons. The van der Waals surface area contributed by atoms with Gasteiger partial charge in [0, 0.05) is 0 Å².